The molecular formula is C22H26Cl2N8O2. The average molecular weight is 505 g/mol. The lowest BCUT2D eigenvalue weighted by Crippen LogP contribution is -2.44. The normalized spacial score (nSPS) is 15.0. The van der Waals surface area contributed by atoms with Crippen molar-refractivity contribution in [3.05, 3.63) is 50.4 Å². The van der Waals surface area contributed by atoms with Crippen LogP contribution in [0.1, 0.15) is 31.0 Å². The van der Waals surface area contributed by atoms with Gasteiger partial charge in [0.2, 0.25) is 5.95 Å². The summed E-state index contributed by atoms with van der Waals surface area (Å²) in [7, 11) is 1.58. The third-order valence-corrected chi connectivity index (χ3v) is 5.69. The highest BCUT2D eigenvalue weighted by Crippen LogP contribution is 2.22. The van der Waals surface area contributed by atoms with Crippen LogP contribution >= 0.6 is 24.8 Å². The fourth-order valence-corrected chi connectivity index (χ4v) is 4.06. The molecule has 12 heteroatoms. The van der Waals surface area contributed by atoms with Crippen molar-refractivity contribution >= 4 is 41.9 Å². The van der Waals surface area contributed by atoms with Gasteiger partial charge < -0.3 is 10.6 Å². The maximum atomic E-state index is 13.5. The number of aryl methyl sites for hydroxylation is 1. The number of nitrogens with zero attached hydrogens (tertiary/aromatic N) is 7. The van der Waals surface area contributed by atoms with Crippen LogP contribution in [-0.4, -0.2) is 42.8 Å². The van der Waals surface area contributed by atoms with Crippen molar-refractivity contribution in [2.75, 3.05) is 18.0 Å². The molecule has 0 amide bonds. The Morgan fingerprint density at radius 2 is 2.03 bits per heavy atom. The Morgan fingerprint density at radius 3 is 2.71 bits per heavy atom. The van der Waals surface area contributed by atoms with Crippen molar-refractivity contribution in [3.8, 4) is 17.9 Å². The van der Waals surface area contributed by atoms with Gasteiger partial charge in [-0.05, 0) is 31.9 Å². The molecule has 4 rings (SSSR count). The Morgan fingerprint density at radius 1 is 1.26 bits per heavy atom. The fourth-order valence-electron chi connectivity index (χ4n) is 4.06. The van der Waals surface area contributed by atoms with Gasteiger partial charge in [-0.3, -0.25) is 23.5 Å². The molecule has 1 unspecified atom stereocenters. The lowest BCUT2D eigenvalue weighted by molar-refractivity contribution is 0.496. The van der Waals surface area contributed by atoms with Crippen molar-refractivity contribution in [1.29, 1.82) is 5.26 Å². The molecule has 0 aliphatic carbocycles. The topological polar surface area (TPSA) is 128 Å². The second-order valence-electron chi connectivity index (χ2n) is 7.79. The summed E-state index contributed by atoms with van der Waals surface area (Å²) >= 11 is 0. The van der Waals surface area contributed by atoms with Crippen molar-refractivity contribution < 1.29 is 0 Å². The van der Waals surface area contributed by atoms with Gasteiger partial charge in [-0.2, -0.15) is 10.2 Å². The van der Waals surface area contributed by atoms with Gasteiger partial charge in [-0.1, -0.05) is 5.92 Å². The molecule has 2 N–H and O–H groups in total. The standard InChI is InChI=1S/C22H24N8O2.2ClH/c1-3-4-11-29-18-19(26-21(29)28-10-6-8-16(24)13-28)27(2)22(32)30(20(18)31)14-17-15(12-23)7-5-9-25-17;;/h5,7,9,16H,6,8,10-11,13-14,24H2,1-2H3;2*1H. The summed E-state index contributed by atoms with van der Waals surface area (Å²) in [5, 5.41) is 9.37. The molecule has 1 saturated heterocycles. The average Bonchev–Trinajstić information content (AvgIpc) is 3.19. The maximum Gasteiger partial charge on any atom is 0.332 e. The zero-order valence-electron chi connectivity index (χ0n) is 18.9. The highest BCUT2D eigenvalue weighted by atomic mass is 35.5. The number of fused-ring (bicyclic) bond motifs is 1. The summed E-state index contributed by atoms with van der Waals surface area (Å²) in [5.41, 5.74) is 6.41. The van der Waals surface area contributed by atoms with E-state index < -0.39 is 11.2 Å². The number of aromatic nitrogens is 5. The molecular weight excluding hydrogens is 479 g/mol. The van der Waals surface area contributed by atoms with Crippen molar-refractivity contribution in [2.45, 2.75) is 38.9 Å². The molecule has 1 fully saturated rings. The minimum absolute atomic E-state index is 0. The first-order valence-electron chi connectivity index (χ1n) is 10.4. The molecule has 3 aromatic rings. The zero-order valence-corrected chi connectivity index (χ0v) is 20.5. The number of nitrogens with two attached hydrogens (primary N) is 1. The van der Waals surface area contributed by atoms with Crippen LogP contribution in [0.15, 0.2) is 27.9 Å². The van der Waals surface area contributed by atoms with E-state index in [4.69, 9.17) is 5.73 Å². The summed E-state index contributed by atoms with van der Waals surface area (Å²) in [6.45, 7) is 3.26. The number of piperidine rings is 1. The molecule has 4 heterocycles. The highest BCUT2D eigenvalue weighted by molar-refractivity contribution is 5.85. The van der Waals surface area contributed by atoms with Gasteiger partial charge in [-0.15, -0.1) is 30.7 Å². The van der Waals surface area contributed by atoms with Gasteiger partial charge in [-0.25, -0.2) is 4.79 Å². The number of hydrogen-bond donors (Lipinski definition) is 1. The van der Waals surface area contributed by atoms with Gasteiger partial charge in [0.1, 0.15) is 6.07 Å². The molecule has 1 aliphatic rings. The predicted molar refractivity (Wildman–Crippen MR) is 135 cm³/mol. The molecule has 1 aliphatic heterocycles. The molecule has 3 aromatic heterocycles. The largest absolute Gasteiger partial charge is 0.341 e. The van der Waals surface area contributed by atoms with Crippen molar-refractivity contribution in [3.63, 3.8) is 0 Å². The zero-order chi connectivity index (χ0) is 22.8. The maximum absolute atomic E-state index is 13.5. The molecule has 10 nitrogen and oxygen atoms in total. The van der Waals surface area contributed by atoms with E-state index in [0.29, 0.717) is 34.9 Å². The summed E-state index contributed by atoms with van der Waals surface area (Å²) in [4.78, 5) is 37.5. The molecule has 34 heavy (non-hydrogen) atoms. The van der Waals surface area contributed by atoms with E-state index in [1.807, 2.05) is 4.90 Å². The monoisotopic (exact) mass is 504 g/mol. The van der Waals surface area contributed by atoms with E-state index in [-0.39, 0.29) is 43.9 Å². The molecule has 0 radical (unpaired) electrons. The Balaban J connectivity index is 0.00000204. The van der Waals surface area contributed by atoms with Crippen LogP contribution < -0.4 is 21.9 Å². The van der Waals surface area contributed by atoms with Gasteiger partial charge in [0.05, 0.1) is 24.3 Å². The van der Waals surface area contributed by atoms with Crippen LogP contribution in [0.3, 0.4) is 0 Å². The van der Waals surface area contributed by atoms with E-state index in [1.165, 1.54) is 10.8 Å². The SMILES string of the molecule is CC#CCn1c(N2CCCC(N)C2)nc2c1c(=O)n(Cc1ncccc1C#N)c(=O)n2C.Cl.Cl. The Bertz CT molecular complexity index is 1410. The summed E-state index contributed by atoms with van der Waals surface area (Å²) in [6, 6.07) is 5.32. The summed E-state index contributed by atoms with van der Waals surface area (Å²) in [6.07, 6.45) is 3.38. The van der Waals surface area contributed by atoms with Crippen LogP contribution in [0.25, 0.3) is 11.2 Å². The highest BCUT2D eigenvalue weighted by Gasteiger charge is 2.26. The van der Waals surface area contributed by atoms with E-state index >= 15 is 0 Å². The Kier molecular flexibility index (Phi) is 8.88. The second kappa shape index (κ2) is 11.2. The molecule has 0 aromatic carbocycles. The number of halogens is 2. The number of hydrogen-bond acceptors (Lipinski definition) is 7. The molecule has 0 spiro atoms. The third kappa shape index (κ3) is 4.80. The lowest BCUT2D eigenvalue weighted by atomic mass is 10.1. The Labute approximate surface area is 208 Å². The third-order valence-electron chi connectivity index (χ3n) is 5.69. The minimum Gasteiger partial charge on any atom is -0.341 e. The summed E-state index contributed by atoms with van der Waals surface area (Å²) < 4.78 is 4.20. The fraction of sp³-hybridized carbons (Fsp3) is 0.409. The first-order valence-corrected chi connectivity index (χ1v) is 10.4. The van der Waals surface area contributed by atoms with Gasteiger partial charge in [0.15, 0.2) is 11.2 Å². The van der Waals surface area contributed by atoms with Gasteiger partial charge in [0, 0.05) is 32.4 Å². The number of anilines is 1. The van der Waals surface area contributed by atoms with E-state index in [0.717, 1.165) is 24.0 Å². The Hall–Kier alpha value is -3.31. The summed E-state index contributed by atoms with van der Waals surface area (Å²) in [5.74, 6) is 6.45. The minimum atomic E-state index is -0.523. The molecule has 0 saturated carbocycles. The lowest BCUT2D eigenvalue weighted by Gasteiger charge is -2.31. The van der Waals surface area contributed by atoms with Crippen molar-refractivity contribution in [1.82, 2.24) is 23.7 Å². The van der Waals surface area contributed by atoms with Crippen LogP contribution in [0.5, 0.6) is 0 Å². The van der Waals surface area contributed by atoms with Gasteiger partial charge in [0.25, 0.3) is 5.56 Å². The van der Waals surface area contributed by atoms with Crippen LogP contribution in [-0.2, 0) is 20.1 Å². The van der Waals surface area contributed by atoms with Crippen LogP contribution in [0.4, 0.5) is 5.95 Å². The van der Waals surface area contributed by atoms with Crippen LogP contribution in [0, 0.1) is 23.2 Å². The predicted octanol–water partition coefficient (Wildman–Crippen LogP) is 1.01. The first-order chi connectivity index (χ1) is 15.5. The van der Waals surface area contributed by atoms with Crippen LogP contribution in [0.2, 0.25) is 0 Å². The van der Waals surface area contributed by atoms with E-state index in [1.54, 1.807) is 30.7 Å². The number of rotatable bonds is 4. The smallest absolute Gasteiger partial charge is 0.332 e. The van der Waals surface area contributed by atoms with E-state index in [2.05, 4.69) is 27.9 Å². The molecule has 0 bridgehead atoms. The number of pyridine rings is 1. The first kappa shape index (κ1) is 26.9. The molecule has 180 valence electrons. The number of nitriles is 1. The van der Waals surface area contributed by atoms with E-state index in [9.17, 15) is 14.9 Å². The second-order valence-corrected chi connectivity index (χ2v) is 7.79. The quantitative estimate of drug-likeness (QED) is 0.524. The number of imidazole rings is 1. The van der Waals surface area contributed by atoms with Crippen molar-refractivity contribution in [2.24, 2.45) is 12.8 Å². The molecule has 1 atom stereocenters. The van der Waals surface area contributed by atoms with Gasteiger partial charge >= 0.3 is 5.69 Å².